The van der Waals surface area contributed by atoms with Crippen molar-refractivity contribution in [3.05, 3.63) is 41.7 Å². The van der Waals surface area contributed by atoms with Crippen LogP contribution in [0.15, 0.2) is 35.5 Å². The molecule has 148 valence electrons. The van der Waals surface area contributed by atoms with Gasteiger partial charge in [0.2, 0.25) is 11.8 Å². The van der Waals surface area contributed by atoms with Gasteiger partial charge in [0.05, 0.1) is 11.3 Å². The topological polar surface area (TPSA) is 103 Å². The smallest absolute Gasteiger partial charge is 0.231 e. The molecule has 1 heterocycles. The number of benzene rings is 1. The van der Waals surface area contributed by atoms with Gasteiger partial charge in [0.15, 0.2) is 5.16 Å². The van der Waals surface area contributed by atoms with Crippen molar-refractivity contribution in [1.82, 2.24) is 20.1 Å². The summed E-state index contributed by atoms with van der Waals surface area (Å²) in [6, 6.07) is 10.2. The fourth-order valence-electron chi connectivity index (χ4n) is 3.69. The third-order valence-corrected chi connectivity index (χ3v) is 6.48. The zero-order chi connectivity index (χ0) is 19.6. The predicted octanol–water partition coefficient (Wildman–Crippen LogP) is 2.32. The average molecular weight is 400 g/mol. The second kappa shape index (κ2) is 7.95. The second-order valence-electron chi connectivity index (χ2n) is 7.62. The molecule has 2 saturated carbocycles. The van der Waals surface area contributed by atoms with Gasteiger partial charge in [0.25, 0.3) is 0 Å². The highest BCUT2D eigenvalue weighted by atomic mass is 32.2. The molecule has 0 spiro atoms. The largest absolute Gasteiger partial charge is 0.370 e. The van der Waals surface area contributed by atoms with Crippen LogP contribution < -0.4 is 11.1 Å². The van der Waals surface area contributed by atoms with E-state index >= 15 is 0 Å². The lowest BCUT2D eigenvalue weighted by Crippen LogP contribution is -2.51. The van der Waals surface area contributed by atoms with Crippen LogP contribution in [-0.4, -0.2) is 32.3 Å². The fraction of sp³-hybridized carbons (Fsp3) is 0.500. The summed E-state index contributed by atoms with van der Waals surface area (Å²) >= 11 is 1.37. The molecule has 7 nitrogen and oxygen atoms in total. The highest BCUT2D eigenvalue weighted by Crippen LogP contribution is 2.42. The fourth-order valence-corrected chi connectivity index (χ4v) is 4.46. The first-order chi connectivity index (χ1) is 13.6. The monoisotopic (exact) mass is 399 g/mol. The maximum Gasteiger partial charge on any atom is 0.231 e. The molecule has 2 fully saturated rings. The SMILES string of the molecule is NC(=O)CCn1c(SCC(=O)NC2(c3ccccc3)CCC2)nnc1C1CC1. The number of nitrogens with two attached hydrogens (primary N) is 1. The zero-order valence-corrected chi connectivity index (χ0v) is 16.6. The Balaban J connectivity index is 1.40. The van der Waals surface area contributed by atoms with Gasteiger partial charge in [-0.2, -0.15) is 0 Å². The van der Waals surface area contributed by atoms with E-state index in [9.17, 15) is 9.59 Å². The van der Waals surface area contributed by atoms with Crippen molar-refractivity contribution >= 4 is 23.6 Å². The summed E-state index contributed by atoms with van der Waals surface area (Å²) in [7, 11) is 0. The van der Waals surface area contributed by atoms with Crippen molar-refractivity contribution in [3.8, 4) is 0 Å². The van der Waals surface area contributed by atoms with Gasteiger partial charge in [0, 0.05) is 18.9 Å². The van der Waals surface area contributed by atoms with E-state index in [4.69, 9.17) is 5.73 Å². The van der Waals surface area contributed by atoms with E-state index < -0.39 is 0 Å². The van der Waals surface area contributed by atoms with Crippen LogP contribution in [0, 0.1) is 0 Å². The van der Waals surface area contributed by atoms with Gasteiger partial charge in [-0.25, -0.2) is 0 Å². The maximum absolute atomic E-state index is 12.7. The third-order valence-electron chi connectivity index (χ3n) is 5.51. The van der Waals surface area contributed by atoms with E-state index in [2.05, 4.69) is 27.6 Å². The summed E-state index contributed by atoms with van der Waals surface area (Å²) in [6.07, 6.45) is 5.49. The Kier molecular flexibility index (Phi) is 5.39. The quantitative estimate of drug-likeness (QED) is 0.630. The lowest BCUT2D eigenvalue weighted by Gasteiger charge is -2.43. The average Bonchev–Trinajstić information content (AvgIpc) is 3.42. The van der Waals surface area contributed by atoms with Crippen LogP contribution in [0.25, 0.3) is 0 Å². The van der Waals surface area contributed by atoms with Gasteiger partial charge in [-0.05, 0) is 37.7 Å². The van der Waals surface area contributed by atoms with E-state index in [0.717, 1.165) is 37.9 Å². The van der Waals surface area contributed by atoms with Crippen molar-refractivity contribution in [3.63, 3.8) is 0 Å². The summed E-state index contributed by atoms with van der Waals surface area (Å²) in [4.78, 5) is 23.9. The van der Waals surface area contributed by atoms with Gasteiger partial charge >= 0.3 is 0 Å². The van der Waals surface area contributed by atoms with Crippen LogP contribution >= 0.6 is 11.8 Å². The Morgan fingerprint density at radius 1 is 1.21 bits per heavy atom. The first-order valence-corrected chi connectivity index (χ1v) is 10.8. The number of nitrogens with one attached hydrogen (secondary N) is 1. The highest BCUT2D eigenvalue weighted by Gasteiger charge is 2.39. The maximum atomic E-state index is 12.7. The van der Waals surface area contributed by atoms with Crippen LogP contribution in [-0.2, 0) is 21.7 Å². The first kappa shape index (κ1) is 19.0. The Morgan fingerprint density at radius 2 is 1.96 bits per heavy atom. The number of aromatic nitrogens is 3. The number of primary amides is 1. The summed E-state index contributed by atoms with van der Waals surface area (Å²) in [6.45, 7) is 0.464. The molecule has 2 amide bonds. The van der Waals surface area contributed by atoms with Crippen LogP contribution in [0.5, 0.6) is 0 Å². The number of thioether (sulfide) groups is 1. The third kappa shape index (κ3) is 4.06. The number of carbonyl (C=O) groups excluding carboxylic acids is 2. The van der Waals surface area contributed by atoms with Gasteiger partial charge in [-0.3, -0.25) is 9.59 Å². The number of amides is 2. The Bertz CT molecular complexity index is 859. The van der Waals surface area contributed by atoms with Crippen LogP contribution in [0.3, 0.4) is 0 Å². The minimum atomic E-state index is -0.348. The number of hydrogen-bond acceptors (Lipinski definition) is 5. The van der Waals surface area contributed by atoms with Crippen molar-refractivity contribution in [2.45, 2.75) is 61.7 Å². The molecule has 2 aliphatic carbocycles. The Labute approximate surface area is 168 Å². The summed E-state index contributed by atoms with van der Waals surface area (Å²) < 4.78 is 1.96. The Hall–Kier alpha value is -2.35. The van der Waals surface area contributed by atoms with Gasteiger partial charge in [0.1, 0.15) is 5.82 Å². The van der Waals surface area contributed by atoms with E-state index in [0.29, 0.717) is 17.6 Å². The van der Waals surface area contributed by atoms with Crippen molar-refractivity contribution in [2.24, 2.45) is 5.73 Å². The molecule has 8 heteroatoms. The molecule has 1 aromatic carbocycles. The zero-order valence-electron chi connectivity index (χ0n) is 15.8. The van der Waals surface area contributed by atoms with E-state index in [-0.39, 0.29) is 29.5 Å². The molecule has 0 saturated heterocycles. The normalized spacial score (nSPS) is 17.7. The molecule has 28 heavy (non-hydrogen) atoms. The van der Waals surface area contributed by atoms with Crippen molar-refractivity contribution in [2.75, 3.05) is 5.75 Å². The molecule has 1 aromatic heterocycles. The van der Waals surface area contributed by atoms with Gasteiger partial charge in [-0.15, -0.1) is 10.2 Å². The van der Waals surface area contributed by atoms with E-state index in [1.807, 2.05) is 22.8 Å². The number of nitrogens with zero attached hydrogens (tertiary/aromatic N) is 3. The van der Waals surface area contributed by atoms with Crippen molar-refractivity contribution in [1.29, 1.82) is 0 Å². The minimum absolute atomic E-state index is 0.00836. The molecule has 2 aliphatic rings. The number of rotatable bonds is 9. The highest BCUT2D eigenvalue weighted by molar-refractivity contribution is 7.99. The first-order valence-electron chi connectivity index (χ1n) is 9.78. The van der Waals surface area contributed by atoms with E-state index in [1.165, 1.54) is 17.3 Å². The number of carbonyl (C=O) groups is 2. The van der Waals surface area contributed by atoms with Crippen LogP contribution in [0.1, 0.15) is 55.8 Å². The van der Waals surface area contributed by atoms with Crippen LogP contribution in [0.2, 0.25) is 0 Å². The minimum Gasteiger partial charge on any atom is -0.370 e. The Morgan fingerprint density at radius 3 is 2.57 bits per heavy atom. The lowest BCUT2D eigenvalue weighted by molar-refractivity contribution is -0.122. The standard InChI is InChI=1S/C20H25N5O2S/c21-16(26)9-12-25-18(14-7-8-14)23-24-19(25)28-13-17(27)22-20(10-4-11-20)15-5-2-1-3-6-15/h1-3,5-6,14H,4,7-13H2,(H2,21,26)(H,22,27). The molecule has 3 N–H and O–H groups in total. The van der Waals surface area contributed by atoms with Gasteiger partial charge < -0.3 is 15.6 Å². The molecule has 0 bridgehead atoms. The molecule has 0 unspecified atom stereocenters. The molecular weight excluding hydrogens is 374 g/mol. The summed E-state index contributed by atoms with van der Waals surface area (Å²) in [5, 5.41) is 12.5. The van der Waals surface area contributed by atoms with E-state index in [1.54, 1.807) is 0 Å². The molecule has 2 aromatic rings. The number of hydrogen-bond donors (Lipinski definition) is 2. The molecule has 4 rings (SSSR count). The molecule has 0 radical (unpaired) electrons. The van der Waals surface area contributed by atoms with Gasteiger partial charge in [-0.1, -0.05) is 42.1 Å². The second-order valence-corrected chi connectivity index (χ2v) is 8.56. The molecule has 0 atom stereocenters. The predicted molar refractivity (Wildman–Crippen MR) is 107 cm³/mol. The summed E-state index contributed by atoms with van der Waals surface area (Å²) in [5.74, 6) is 1.24. The summed E-state index contributed by atoms with van der Waals surface area (Å²) in [5.41, 5.74) is 6.23. The molecular formula is C20H25N5O2S. The van der Waals surface area contributed by atoms with Crippen molar-refractivity contribution < 1.29 is 9.59 Å². The molecule has 0 aliphatic heterocycles. The van der Waals surface area contributed by atoms with Crippen LogP contribution in [0.4, 0.5) is 0 Å². The lowest BCUT2D eigenvalue weighted by atomic mass is 9.72.